The number of halogens is 1. The molecule has 2 amide bonds. The van der Waals surface area contributed by atoms with Gasteiger partial charge in [0.25, 0.3) is 5.78 Å². The molecule has 0 radical (unpaired) electrons. The summed E-state index contributed by atoms with van der Waals surface area (Å²) in [6.45, 7) is 9.29. The Balaban J connectivity index is 1.67. The highest BCUT2D eigenvalue weighted by atomic mass is 35.5. The molecule has 0 bridgehead atoms. The number of alkyl carbamates (subject to hydrolysis) is 1. The number of aryl methyl sites for hydroxylation is 2. The van der Waals surface area contributed by atoms with Gasteiger partial charge in [-0.1, -0.05) is 17.7 Å². The van der Waals surface area contributed by atoms with Crippen LogP contribution in [0.3, 0.4) is 0 Å². The SMILES string of the molecule is Cc1nc2nc(CNC(=O)OC(C)(C)C)nn2c(C)c1CCC(=O)Nc1cccc(Cl)c1. The number of hydrogen-bond acceptors (Lipinski definition) is 6. The Morgan fingerprint density at radius 1 is 1.19 bits per heavy atom. The fourth-order valence-electron chi connectivity index (χ4n) is 3.18. The summed E-state index contributed by atoms with van der Waals surface area (Å²) in [6, 6.07) is 7.02. The minimum absolute atomic E-state index is 0.119. The van der Waals surface area contributed by atoms with Gasteiger partial charge in [-0.3, -0.25) is 4.79 Å². The molecule has 0 aliphatic rings. The second-order valence-corrected chi connectivity index (χ2v) is 8.85. The number of anilines is 1. The predicted octanol–water partition coefficient (Wildman–Crippen LogP) is 3.99. The van der Waals surface area contributed by atoms with Crippen molar-refractivity contribution < 1.29 is 14.3 Å². The first kappa shape index (κ1) is 23.5. The van der Waals surface area contributed by atoms with Crippen molar-refractivity contribution in [3.63, 3.8) is 0 Å². The average Bonchev–Trinajstić information content (AvgIpc) is 3.08. The Morgan fingerprint density at radius 3 is 2.62 bits per heavy atom. The Bertz CT molecular complexity index is 1150. The van der Waals surface area contributed by atoms with Gasteiger partial charge in [0.1, 0.15) is 5.60 Å². The molecule has 9 nitrogen and oxygen atoms in total. The van der Waals surface area contributed by atoms with Crippen LogP contribution in [0.2, 0.25) is 5.02 Å². The quantitative estimate of drug-likeness (QED) is 0.577. The molecule has 0 aliphatic carbocycles. The van der Waals surface area contributed by atoms with Crippen molar-refractivity contribution in [2.24, 2.45) is 0 Å². The van der Waals surface area contributed by atoms with Crippen molar-refractivity contribution in [1.29, 1.82) is 0 Å². The van der Waals surface area contributed by atoms with Crippen molar-refractivity contribution in [3.05, 3.63) is 52.1 Å². The number of amides is 2. The Labute approximate surface area is 191 Å². The maximum atomic E-state index is 12.4. The van der Waals surface area contributed by atoms with E-state index in [1.165, 1.54) is 0 Å². The number of nitrogens with one attached hydrogen (secondary N) is 2. The molecule has 0 spiro atoms. The lowest BCUT2D eigenvalue weighted by Crippen LogP contribution is -2.32. The molecule has 2 aromatic heterocycles. The van der Waals surface area contributed by atoms with Gasteiger partial charge >= 0.3 is 6.09 Å². The van der Waals surface area contributed by atoms with Gasteiger partial charge in [0, 0.05) is 28.5 Å². The van der Waals surface area contributed by atoms with Gasteiger partial charge in [-0.05, 0) is 64.8 Å². The van der Waals surface area contributed by atoms with Crippen molar-refractivity contribution >= 4 is 35.1 Å². The van der Waals surface area contributed by atoms with E-state index < -0.39 is 11.7 Å². The summed E-state index contributed by atoms with van der Waals surface area (Å²) in [5.41, 5.74) is 2.63. The normalized spacial score (nSPS) is 11.4. The van der Waals surface area contributed by atoms with E-state index >= 15 is 0 Å². The van der Waals surface area contributed by atoms with Crippen LogP contribution in [-0.4, -0.2) is 37.2 Å². The summed E-state index contributed by atoms with van der Waals surface area (Å²) in [6.07, 6.45) is 0.241. The third kappa shape index (κ3) is 6.16. The monoisotopic (exact) mass is 458 g/mol. The number of aromatic nitrogens is 4. The molecule has 1 aromatic carbocycles. The van der Waals surface area contributed by atoms with E-state index in [4.69, 9.17) is 16.3 Å². The molecular weight excluding hydrogens is 432 g/mol. The standard InChI is InChI=1S/C22H27ClN6O3/c1-13-17(9-10-19(30)26-16-8-6-7-15(23)11-16)14(2)29-20(25-13)27-18(28-29)12-24-21(31)32-22(3,4)5/h6-8,11H,9-10,12H2,1-5H3,(H,24,31)(H,26,30). The van der Waals surface area contributed by atoms with Crippen molar-refractivity contribution in [2.45, 2.75) is 59.6 Å². The molecule has 0 unspecified atom stereocenters. The summed E-state index contributed by atoms with van der Waals surface area (Å²) < 4.78 is 6.85. The van der Waals surface area contributed by atoms with E-state index in [2.05, 4.69) is 25.7 Å². The lowest BCUT2D eigenvalue weighted by Gasteiger charge is -2.19. The maximum Gasteiger partial charge on any atom is 0.408 e. The molecule has 0 saturated heterocycles. The second-order valence-electron chi connectivity index (χ2n) is 8.41. The largest absolute Gasteiger partial charge is 0.444 e. The summed E-state index contributed by atoms with van der Waals surface area (Å²) in [5, 5.41) is 10.5. The van der Waals surface area contributed by atoms with Crippen LogP contribution in [0.1, 0.15) is 50.0 Å². The van der Waals surface area contributed by atoms with Crippen LogP contribution < -0.4 is 10.6 Å². The van der Waals surface area contributed by atoms with Crippen LogP contribution in [0.5, 0.6) is 0 Å². The minimum atomic E-state index is -0.584. The molecule has 2 heterocycles. The summed E-state index contributed by atoms with van der Waals surface area (Å²) in [7, 11) is 0. The van der Waals surface area contributed by atoms with Gasteiger partial charge in [-0.25, -0.2) is 14.3 Å². The van der Waals surface area contributed by atoms with E-state index in [1.807, 2.05) is 13.8 Å². The smallest absolute Gasteiger partial charge is 0.408 e. The summed E-state index contributed by atoms with van der Waals surface area (Å²) >= 11 is 5.96. The topological polar surface area (TPSA) is 111 Å². The maximum absolute atomic E-state index is 12.4. The molecule has 0 atom stereocenters. The lowest BCUT2D eigenvalue weighted by molar-refractivity contribution is -0.116. The number of ether oxygens (including phenoxy) is 1. The molecule has 170 valence electrons. The number of carbonyl (C=O) groups excluding carboxylic acids is 2. The van der Waals surface area contributed by atoms with E-state index in [9.17, 15) is 9.59 Å². The van der Waals surface area contributed by atoms with Crippen LogP contribution in [0.25, 0.3) is 5.78 Å². The van der Waals surface area contributed by atoms with E-state index in [0.717, 1.165) is 17.0 Å². The zero-order chi connectivity index (χ0) is 23.5. The Morgan fingerprint density at radius 2 is 1.94 bits per heavy atom. The number of benzene rings is 1. The van der Waals surface area contributed by atoms with E-state index in [0.29, 0.717) is 28.7 Å². The van der Waals surface area contributed by atoms with Gasteiger partial charge < -0.3 is 15.4 Å². The zero-order valence-electron chi connectivity index (χ0n) is 18.8. The first-order valence-electron chi connectivity index (χ1n) is 10.3. The van der Waals surface area contributed by atoms with Gasteiger partial charge in [0.15, 0.2) is 5.82 Å². The minimum Gasteiger partial charge on any atom is -0.444 e. The van der Waals surface area contributed by atoms with E-state index in [1.54, 1.807) is 49.6 Å². The van der Waals surface area contributed by atoms with Gasteiger partial charge in [0.05, 0.1) is 6.54 Å². The summed E-state index contributed by atoms with van der Waals surface area (Å²) in [4.78, 5) is 33.1. The predicted molar refractivity (Wildman–Crippen MR) is 122 cm³/mol. The second kappa shape index (κ2) is 9.52. The van der Waals surface area contributed by atoms with Gasteiger partial charge in [-0.15, -0.1) is 5.10 Å². The Kier molecular flexibility index (Phi) is 6.98. The molecule has 0 saturated carbocycles. The van der Waals surface area contributed by atoms with Gasteiger partial charge in [-0.2, -0.15) is 4.98 Å². The average molecular weight is 459 g/mol. The number of nitrogens with zero attached hydrogens (tertiary/aromatic N) is 4. The molecule has 3 rings (SSSR count). The number of carbonyl (C=O) groups is 2. The first-order valence-corrected chi connectivity index (χ1v) is 10.6. The molecule has 3 aromatic rings. The first-order chi connectivity index (χ1) is 15.0. The third-order valence-corrected chi connectivity index (χ3v) is 4.83. The Hall–Kier alpha value is -3.20. The van der Waals surface area contributed by atoms with Gasteiger partial charge in [0.2, 0.25) is 5.91 Å². The molecule has 0 fully saturated rings. The fourth-order valence-corrected chi connectivity index (χ4v) is 3.37. The van der Waals surface area contributed by atoms with Crippen molar-refractivity contribution in [2.75, 3.05) is 5.32 Å². The zero-order valence-corrected chi connectivity index (χ0v) is 19.6. The molecule has 2 N–H and O–H groups in total. The van der Waals surface area contributed by atoms with Crippen LogP contribution in [0.15, 0.2) is 24.3 Å². The lowest BCUT2D eigenvalue weighted by atomic mass is 10.1. The highest BCUT2D eigenvalue weighted by Gasteiger charge is 2.18. The molecule has 0 aliphatic heterocycles. The van der Waals surface area contributed by atoms with Crippen molar-refractivity contribution in [1.82, 2.24) is 24.9 Å². The van der Waals surface area contributed by atoms with E-state index in [-0.39, 0.29) is 18.9 Å². The summed E-state index contributed by atoms with van der Waals surface area (Å²) in [5.74, 6) is 0.738. The van der Waals surface area contributed by atoms with Crippen LogP contribution in [-0.2, 0) is 22.5 Å². The van der Waals surface area contributed by atoms with Crippen molar-refractivity contribution in [3.8, 4) is 0 Å². The fraction of sp³-hybridized carbons (Fsp3) is 0.409. The molecule has 10 heteroatoms. The molecule has 32 heavy (non-hydrogen) atoms. The third-order valence-electron chi connectivity index (χ3n) is 4.59. The van der Waals surface area contributed by atoms with Crippen LogP contribution >= 0.6 is 11.6 Å². The molecular formula is C22H27ClN6O3. The highest BCUT2D eigenvalue weighted by molar-refractivity contribution is 6.30. The number of rotatable bonds is 6. The number of hydrogen-bond donors (Lipinski definition) is 2. The highest BCUT2D eigenvalue weighted by Crippen LogP contribution is 2.18. The van der Waals surface area contributed by atoms with Crippen LogP contribution in [0, 0.1) is 13.8 Å². The number of fused-ring (bicyclic) bond motifs is 1. The van der Waals surface area contributed by atoms with Crippen LogP contribution in [0.4, 0.5) is 10.5 Å².